The molecule has 34 heavy (non-hydrogen) atoms. The van der Waals surface area contributed by atoms with Crippen molar-refractivity contribution >= 4 is 46.9 Å². The molecule has 1 N–H and O–H groups in total. The van der Waals surface area contributed by atoms with Gasteiger partial charge in [0.15, 0.2) is 0 Å². The van der Waals surface area contributed by atoms with Crippen LogP contribution >= 0.6 is 11.6 Å². The van der Waals surface area contributed by atoms with E-state index in [0.717, 1.165) is 0 Å². The van der Waals surface area contributed by atoms with Crippen LogP contribution in [0.3, 0.4) is 0 Å². The lowest BCUT2D eigenvalue weighted by atomic mass is 10.1. The number of carbonyl (C=O) groups is 3. The van der Waals surface area contributed by atoms with E-state index in [0.29, 0.717) is 39.6 Å². The number of rotatable bonds is 6. The number of furan rings is 1. The van der Waals surface area contributed by atoms with Crippen LogP contribution in [0.5, 0.6) is 0 Å². The third kappa shape index (κ3) is 4.49. The van der Waals surface area contributed by atoms with Gasteiger partial charge < -0.3 is 14.3 Å². The first-order chi connectivity index (χ1) is 16.3. The fourth-order valence-corrected chi connectivity index (χ4v) is 3.58. The summed E-state index contributed by atoms with van der Waals surface area (Å²) in [4.78, 5) is 36.2. The van der Waals surface area contributed by atoms with Crippen LogP contribution in [0.25, 0.3) is 17.4 Å². The van der Waals surface area contributed by atoms with Gasteiger partial charge in [-0.05, 0) is 74.5 Å². The van der Waals surface area contributed by atoms with Gasteiger partial charge in [0.05, 0.1) is 39.7 Å². The molecule has 3 aromatic rings. The largest absolute Gasteiger partial charge is 0.478 e. The van der Waals surface area contributed by atoms with Crippen molar-refractivity contribution in [3.05, 3.63) is 82.1 Å². The van der Waals surface area contributed by atoms with Crippen molar-refractivity contribution < 1.29 is 28.6 Å². The summed E-state index contributed by atoms with van der Waals surface area (Å²) in [5, 5.41) is 15.0. The SMILES string of the molecule is CCOC(=O)c1ccc(N2N=C(C)/C(=C/c3ccc(-c4ccc(Cl)c(C(=O)O)c4)o3)C2=O)cc1. The quantitative estimate of drug-likeness (QED) is 0.381. The van der Waals surface area contributed by atoms with Gasteiger partial charge in [-0.25, -0.2) is 9.59 Å². The van der Waals surface area contributed by atoms with Gasteiger partial charge in [-0.15, -0.1) is 0 Å². The number of carboxylic acid groups (broad SMARTS) is 1. The average Bonchev–Trinajstić information content (AvgIpc) is 3.40. The molecule has 0 fully saturated rings. The predicted octanol–water partition coefficient (Wildman–Crippen LogP) is 5.28. The number of halogens is 1. The molecule has 1 aliphatic rings. The van der Waals surface area contributed by atoms with E-state index in [1.807, 2.05) is 0 Å². The van der Waals surface area contributed by atoms with Gasteiger partial charge in [0.1, 0.15) is 11.5 Å². The van der Waals surface area contributed by atoms with Gasteiger partial charge in [0.25, 0.3) is 5.91 Å². The van der Waals surface area contributed by atoms with E-state index in [1.165, 1.54) is 17.1 Å². The fourth-order valence-electron chi connectivity index (χ4n) is 3.38. The first kappa shape index (κ1) is 23.0. The minimum absolute atomic E-state index is 0.0333. The van der Waals surface area contributed by atoms with E-state index in [1.54, 1.807) is 62.4 Å². The third-order valence-corrected chi connectivity index (χ3v) is 5.41. The Morgan fingerprint density at radius 2 is 1.88 bits per heavy atom. The Morgan fingerprint density at radius 1 is 1.15 bits per heavy atom. The molecular weight excluding hydrogens is 460 g/mol. The van der Waals surface area contributed by atoms with Crippen molar-refractivity contribution in [2.45, 2.75) is 13.8 Å². The van der Waals surface area contributed by atoms with E-state index in [-0.39, 0.29) is 23.1 Å². The molecule has 0 saturated carbocycles. The molecule has 2 heterocycles. The number of hydrogen-bond acceptors (Lipinski definition) is 6. The predicted molar refractivity (Wildman–Crippen MR) is 127 cm³/mol. The normalized spacial score (nSPS) is 14.4. The Balaban J connectivity index is 1.56. The standard InChI is InChI=1S/C25H19ClN2O6/c1-3-33-25(32)15-4-7-17(8-5-15)28-23(29)19(14(2)27-28)13-18-9-11-22(34-18)16-6-10-21(26)20(12-16)24(30)31/h4-13H,3H2,1-2H3,(H,30,31)/b19-13-. The van der Waals surface area contributed by atoms with Crippen LogP contribution in [0.15, 0.2) is 69.7 Å². The lowest BCUT2D eigenvalue weighted by Gasteiger charge is -2.12. The molecule has 0 bridgehead atoms. The van der Waals surface area contributed by atoms with E-state index in [2.05, 4.69) is 5.10 Å². The summed E-state index contributed by atoms with van der Waals surface area (Å²) in [5.74, 6) is -1.10. The van der Waals surface area contributed by atoms with Gasteiger partial charge in [-0.1, -0.05) is 11.6 Å². The topological polar surface area (TPSA) is 109 Å². The minimum Gasteiger partial charge on any atom is -0.478 e. The zero-order valence-electron chi connectivity index (χ0n) is 18.2. The number of aromatic carboxylic acids is 1. The molecule has 0 unspecified atom stereocenters. The molecule has 0 spiro atoms. The molecule has 4 rings (SSSR count). The number of nitrogens with zero attached hydrogens (tertiary/aromatic N) is 2. The molecule has 0 atom stereocenters. The Hall–Kier alpha value is -4.17. The van der Waals surface area contributed by atoms with E-state index in [9.17, 15) is 19.5 Å². The average molecular weight is 479 g/mol. The van der Waals surface area contributed by atoms with Crippen LogP contribution in [-0.2, 0) is 9.53 Å². The summed E-state index contributed by atoms with van der Waals surface area (Å²) in [6, 6.07) is 14.3. The highest BCUT2D eigenvalue weighted by molar-refractivity contribution is 6.33. The molecule has 1 amide bonds. The Kier molecular flexibility index (Phi) is 6.34. The molecule has 1 aromatic heterocycles. The van der Waals surface area contributed by atoms with Crippen LogP contribution in [0.2, 0.25) is 5.02 Å². The summed E-state index contributed by atoms with van der Waals surface area (Å²) < 4.78 is 10.8. The van der Waals surface area contributed by atoms with Gasteiger partial charge in [-0.3, -0.25) is 4.79 Å². The van der Waals surface area contributed by atoms with Crippen LogP contribution in [0, 0.1) is 0 Å². The van der Waals surface area contributed by atoms with Crippen LogP contribution in [0.4, 0.5) is 5.69 Å². The number of anilines is 1. The third-order valence-electron chi connectivity index (χ3n) is 5.08. The molecular formula is C25H19ClN2O6. The maximum Gasteiger partial charge on any atom is 0.338 e. The molecule has 0 saturated heterocycles. The summed E-state index contributed by atoms with van der Waals surface area (Å²) in [5.41, 5.74) is 2.23. The fraction of sp³-hybridized carbons (Fsp3) is 0.120. The van der Waals surface area contributed by atoms with E-state index < -0.39 is 11.9 Å². The van der Waals surface area contributed by atoms with Gasteiger partial charge >= 0.3 is 11.9 Å². The van der Waals surface area contributed by atoms with Crippen molar-refractivity contribution in [1.29, 1.82) is 0 Å². The molecule has 9 heteroatoms. The van der Waals surface area contributed by atoms with Gasteiger partial charge in [0, 0.05) is 5.56 Å². The zero-order chi connectivity index (χ0) is 24.4. The second kappa shape index (κ2) is 9.36. The number of esters is 1. The number of benzene rings is 2. The van der Waals surface area contributed by atoms with Crippen molar-refractivity contribution in [2.75, 3.05) is 11.6 Å². The van der Waals surface area contributed by atoms with E-state index >= 15 is 0 Å². The maximum atomic E-state index is 13.0. The summed E-state index contributed by atoms with van der Waals surface area (Å²) in [6.45, 7) is 3.71. The number of carbonyl (C=O) groups excluding carboxylic acids is 2. The second-order valence-corrected chi connectivity index (χ2v) is 7.74. The monoisotopic (exact) mass is 478 g/mol. The Morgan fingerprint density at radius 3 is 2.56 bits per heavy atom. The molecule has 172 valence electrons. The Bertz CT molecular complexity index is 1350. The van der Waals surface area contributed by atoms with Gasteiger partial charge in [0.2, 0.25) is 0 Å². The molecule has 0 radical (unpaired) electrons. The number of carboxylic acids is 1. The van der Waals surface area contributed by atoms with E-state index in [4.69, 9.17) is 20.8 Å². The second-order valence-electron chi connectivity index (χ2n) is 7.33. The summed E-state index contributed by atoms with van der Waals surface area (Å²) in [6.07, 6.45) is 1.58. The maximum absolute atomic E-state index is 13.0. The summed E-state index contributed by atoms with van der Waals surface area (Å²) >= 11 is 5.93. The smallest absolute Gasteiger partial charge is 0.338 e. The van der Waals surface area contributed by atoms with Crippen molar-refractivity contribution in [2.24, 2.45) is 5.10 Å². The number of hydrogen-bond donors (Lipinski definition) is 1. The van der Waals surface area contributed by atoms with Crippen LogP contribution in [-0.4, -0.2) is 35.3 Å². The van der Waals surface area contributed by atoms with Crippen molar-refractivity contribution in [3.8, 4) is 11.3 Å². The van der Waals surface area contributed by atoms with Crippen LogP contribution in [0.1, 0.15) is 40.3 Å². The van der Waals surface area contributed by atoms with Gasteiger partial charge in [-0.2, -0.15) is 10.1 Å². The van der Waals surface area contributed by atoms with Crippen LogP contribution < -0.4 is 5.01 Å². The Labute approximate surface area is 199 Å². The van der Waals surface area contributed by atoms with Crippen molar-refractivity contribution in [3.63, 3.8) is 0 Å². The number of amides is 1. The molecule has 1 aliphatic heterocycles. The molecule has 8 nitrogen and oxygen atoms in total. The molecule has 2 aromatic carbocycles. The lowest BCUT2D eigenvalue weighted by molar-refractivity contribution is -0.114. The first-order valence-electron chi connectivity index (χ1n) is 10.3. The van der Waals surface area contributed by atoms with Crippen molar-refractivity contribution in [1.82, 2.24) is 0 Å². The summed E-state index contributed by atoms with van der Waals surface area (Å²) in [7, 11) is 0. The highest BCUT2D eigenvalue weighted by atomic mass is 35.5. The number of ether oxygens (including phenoxy) is 1. The highest BCUT2D eigenvalue weighted by Crippen LogP contribution is 2.29. The molecule has 0 aliphatic carbocycles. The lowest BCUT2D eigenvalue weighted by Crippen LogP contribution is -2.21. The minimum atomic E-state index is -1.14. The number of hydrazone groups is 1. The first-order valence-corrected chi connectivity index (χ1v) is 10.7. The highest BCUT2D eigenvalue weighted by Gasteiger charge is 2.29. The zero-order valence-corrected chi connectivity index (χ0v) is 19.0.